The third-order valence-electron chi connectivity index (χ3n) is 10.4. The molecule has 59 heavy (non-hydrogen) atoms. The molecule has 6 amide bonds. The Morgan fingerprint density at radius 2 is 1.42 bits per heavy atom. The van der Waals surface area contributed by atoms with Crippen molar-refractivity contribution in [1.29, 1.82) is 0 Å². The molecule has 0 fully saturated rings. The molecular weight excluding hydrogens is 764 g/mol. The number of benzene rings is 2. The first-order valence-corrected chi connectivity index (χ1v) is 20.0. The zero-order valence-corrected chi connectivity index (χ0v) is 34.7. The molecule has 324 valence electrons. The summed E-state index contributed by atoms with van der Waals surface area (Å²) in [6.45, 7) is 5.75. The van der Waals surface area contributed by atoms with E-state index >= 15 is 0 Å². The van der Waals surface area contributed by atoms with Crippen LogP contribution in [0.15, 0.2) is 36.4 Å². The van der Waals surface area contributed by atoms with Crippen LogP contribution < -0.4 is 21.3 Å². The van der Waals surface area contributed by atoms with Crippen molar-refractivity contribution < 1.29 is 54.0 Å². The first-order chi connectivity index (χ1) is 27.9. The molecule has 1 aliphatic heterocycles. The highest BCUT2D eigenvalue weighted by atomic mass is 16.4. The van der Waals surface area contributed by atoms with Crippen LogP contribution in [0.5, 0.6) is 11.5 Å². The van der Waals surface area contributed by atoms with Crippen LogP contribution in [0.2, 0.25) is 0 Å². The van der Waals surface area contributed by atoms with Gasteiger partial charge in [-0.3, -0.25) is 28.8 Å². The van der Waals surface area contributed by atoms with E-state index in [4.69, 9.17) is 0 Å². The van der Waals surface area contributed by atoms with Crippen molar-refractivity contribution >= 4 is 41.4 Å². The fraction of sp³-hybridized carbons (Fsp3) is 0.548. The number of phenolic OH excluding ortho intramolecular Hbond substituents is 2. The number of aliphatic carboxylic acids is 1. The van der Waals surface area contributed by atoms with E-state index in [0.29, 0.717) is 17.9 Å². The predicted molar refractivity (Wildman–Crippen MR) is 218 cm³/mol. The molecule has 17 heteroatoms. The normalized spacial score (nSPS) is 17.7. The molecule has 1 aliphatic rings. The molecule has 2 aromatic carbocycles. The van der Waals surface area contributed by atoms with Crippen molar-refractivity contribution in [3.05, 3.63) is 47.5 Å². The summed E-state index contributed by atoms with van der Waals surface area (Å²) in [5.41, 5.74) is 0.722. The first-order valence-electron chi connectivity index (χ1n) is 20.0. The van der Waals surface area contributed by atoms with E-state index in [1.807, 2.05) is 0 Å². The lowest BCUT2D eigenvalue weighted by Gasteiger charge is -2.30. The van der Waals surface area contributed by atoms with Crippen LogP contribution in [-0.2, 0) is 40.0 Å². The molecular formula is C42H60N6O11. The summed E-state index contributed by atoms with van der Waals surface area (Å²) in [6.07, 6.45) is 7.16. The molecule has 0 saturated heterocycles. The first kappa shape index (κ1) is 47.7. The fourth-order valence-electron chi connectivity index (χ4n) is 6.73. The van der Waals surface area contributed by atoms with Gasteiger partial charge in [0.25, 0.3) is 0 Å². The van der Waals surface area contributed by atoms with Crippen LogP contribution in [-0.4, -0.2) is 123 Å². The van der Waals surface area contributed by atoms with E-state index in [1.165, 1.54) is 77.2 Å². The van der Waals surface area contributed by atoms with E-state index in [1.54, 1.807) is 0 Å². The number of carbonyl (C=O) groups excluding carboxylic acids is 6. The van der Waals surface area contributed by atoms with E-state index in [0.717, 1.165) is 35.5 Å². The molecule has 0 saturated carbocycles. The molecule has 0 unspecified atom stereocenters. The summed E-state index contributed by atoms with van der Waals surface area (Å²) in [4.78, 5) is 93.7. The quantitative estimate of drug-likeness (QED) is 0.101. The molecule has 0 radical (unpaired) electrons. The van der Waals surface area contributed by atoms with Crippen molar-refractivity contribution in [3.63, 3.8) is 0 Å². The molecule has 4 bridgehead atoms. The number of carboxylic acid groups (broad SMARTS) is 1. The zero-order valence-electron chi connectivity index (χ0n) is 34.7. The van der Waals surface area contributed by atoms with Crippen LogP contribution in [0.25, 0.3) is 11.1 Å². The average Bonchev–Trinajstić information content (AvgIpc) is 3.18. The van der Waals surface area contributed by atoms with Crippen LogP contribution in [0.4, 0.5) is 0 Å². The van der Waals surface area contributed by atoms with Crippen molar-refractivity contribution in [2.75, 3.05) is 27.2 Å². The van der Waals surface area contributed by atoms with Gasteiger partial charge >= 0.3 is 5.97 Å². The Kier molecular flexibility index (Phi) is 18.1. The monoisotopic (exact) mass is 824 g/mol. The second kappa shape index (κ2) is 22.4. The van der Waals surface area contributed by atoms with Crippen molar-refractivity contribution in [3.8, 4) is 22.6 Å². The molecule has 0 aromatic heterocycles. The van der Waals surface area contributed by atoms with Gasteiger partial charge in [-0.1, -0.05) is 64.5 Å². The number of nitrogens with one attached hydrogen (secondary N) is 4. The second-order valence-corrected chi connectivity index (χ2v) is 15.6. The maximum absolute atomic E-state index is 13.8. The number of aromatic hydroxyl groups is 2. The van der Waals surface area contributed by atoms with Crippen LogP contribution in [0, 0.1) is 5.92 Å². The number of fused-ring (bicyclic) bond motifs is 5. The average molecular weight is 825 g/mol. The number of amides is 6. The number of carbonyl (C=O) groups is 7. The Balaban J connectivity index is 1.70. The molecule has 5 atom stereocenters. The number of aliphatic hydroxyl groups is 1. The van der Waals surface area contributed by atoms with E-state index in [2.05, 4.69) is 35.1 Å². The van der Waals surface area contributed by atoms with Crippen molar-refractivity contribution in [1.82, 2.24) is 31.1 Å². The van der Waals surface area contributed by atoms with Crippen molar-refractivity contribution in [2.24, 2.45) is 5.92 Å². The number of aliphatic hydroxyl groups excluding tert-OH is 1. The van der Waals surface area contributed by atoms with E-state index in [-0.39, 0.29) is 46.9 Å². The summed E-state index contributed by atoms with van der Waals surface area (Å²) in [5.74, 6) is -5.58. The van der Waals surface area contributed by atoms with E-state index in [9.17, 15) is 54.0 Å². The lowest BCUT2D eigenvalue weighted by atomic mass is 9.94. The van der Waals surface area contributed by atoms with Crippen molar-refractivity contribution in [2.45, 2.75) is 116 Å². The number of nitrogens with zero attached hydrogens (tertiary/aromatic N) is 2. The van der Waals surface area contributed by atoms with E-state index < -0.39 is 78.9 Å². The van der Waals surface area contributed by atoms with Gasteiger partial charge in [0.05, 0.1) is 13.2 Å². The highest BCUT2D eigenvalue weighted by Gasteiger charge is 2.34. The van der Waals surface area contributed by atoms with Gasteiger partial charge in [-0.05, 0) is 61.6 Å². The summed E-state index contributed by atoms with van der Waals surface area (Å²) in [6, 6.07) is 1.62. The highest BCUT2D eigenvalue weighted by molar-refractivity contribution is 5.96. The maximum atomic E-state index is 13.8. The molecule has 8 N–H and O–H groups in total. The number of phenols is 2. The summed E-state index contributed by atoms with van der Waals surface area (Å²) in [7, 11) is 2.68. The number of unbranched alkanes of at least 4 members (excludes halogenated alkanes) is 5. The molecule has 1 heterocycles. The minimum Gasteiger partial charge on any atom is -0.507 e. The number of likely N-dealkylation sites (N-methyl/N-ethyl adjacent to an activating group) is 2. The molecule has 0 spiro atoms. The largest absolute Gasteiger partial charge is 0.507 e. The molecule has 2 aromatic rings. The minimum atomic E-state index is -1.47. The smallest absolute Gasteiger partial charge is 0.326 e. The van der Waals surface area contributed by atoms with Crippen LogP contribution in [0.1, 0.15) is 96.2 Å². The number of rotatable bonds is 18. The summed E-state index contributed by atoms with van der Waals surface area (Å²) < 4.78 is 0. The van der Waals surface area contributed by atoms with Gasteiger partial charge in [-0.2, -0.15) is 0 Å². The lowest BCUT2D eigenvalue weighted by molar-refractivity contribution is -0.143. The Morgan fingerprint density at radius 3 is 2.05 bits per heavy atom. The lowest BCUT2D eigenvalue weighted by Crippen LogP contribution is -2.55. The molecule has 17 nitrogen and oxygen atoms in total. The van der Waals surface area contributed by atoms with Gasteiger partial charge in [0.1, 0.15) is 41.7 Å². The summed E-state index contributed by atoms with van der Waals surface area (Å²) in [5, 5.41) is 51.1. The summed E-state index contributed by atoms with van der Waals surface area (Å²) >= 11 is 0. The topological polar surface area (TPSA) is 255 Å². The highest BCUT2D eigenvalue weighted by Crippen LogP contribution is 2.38. The molecule has 0 aliphatic carbocycles. The Hall–Kier alpha value is -5.71. The van der Waals surface area contributed by atoms with Gasteiger partial charge in [0.15, 0.2) is 0 Å². The Morgan fingerprint density at radius 1 is 0.814 bits per heavy atom. The number of carboxylic acids is 1. The Bertz CT molecular complexity index is 1840. The maximum Gasteiger partial charge on any atom is 0.326 e. The van der Waals surface area contributed by atoms with Crippen LogP contribution >= 0.6 is 0 Å². The second-order valence-electron chi connectivity index (χ2n) is 15.6. The van der Waals surface area contributed by atoms with Gasteiger partial charge in [0.2, 0.25) is 35.4 Å². The number of hydrogen-bond donors (Lipinski definition) is 8. The number of hydrogen-bond acceptors (Lipinski definition) is 10. The van der Waals surface area contributed by atoms with Gasteiger partial charge < -0.3 is 51.5 Å². The standard InChI is InChI=1S/C42H60N6O11/c1-24(2)13-11-9-7-8-10-12-14-35(52)47(5)32(23-49)40(56)44-25(3)38(54)43-22-36(53)48(6)37-28-16-18-34(51)30(21-28)29-19-27(15-17-33(29)50)20-31(42(58)59)46-39(55)26(4)45-41(37)57/h15-19,21,24-26,31-32,37,49-51H,7-14,20,22-23H2,1-6H3,(H,43,54)(H,44,56)(H,45,57)(H,46,55)(H,58,59)/t25-,26-,31+,32-,37+/m1/s1. The third kappa shape index (κ3) is 13.7. The Labute approximate surface area is 344 Å². The van der Waals surface area contributed by atoms with Gasteiger partial charge in [0, 0.05) is 38.1 Å². The molecule has 3 rings (SSSR count). The predicted octanol–water partition coefficient (Wildman–Crippen LogP) is 2.11. The van der Waals surface area contributed by atoms with Gasteiger partial charge in [-0.15, -0.1) is 0 Å². The minimum absolute atomic E-state index is 0.0656. The van der Waals surface area contributed by atoms with Crippen LogP contribution in [0.3, 0.4) is 0 Å². The SMILES string of the molecule is CC(C)CCCCCCCCC(=O)N(C)[C@H](CO)C(=O)N[C@H](C)C(=O)NCC(=O)N(C)[C@@H]1C(=O)N[C@H](C)C(=O)N[C@H](C(=O)O)Cc2ccc(O)c(c2)-c2cc1ccc2O. The third-order valence-corrected chi connectivity index (χ3v) is 10.4. The zero-order chi connectivity index (χ0) is 44.0. The van der Waals surface area contributed by atoms with Gasteiger partial charge in [-0.25, -0.2) is 4.79 Å². The fourth-order valence-corrected chi connectivity index (χ4v) is 6.73.